The highest BCUT2D eigenvalue weighted by atomic mass is 79.9. The van der Waals surface area contributed by atoms with Crippen molar-refractivity contribution in [2.24, 2.45) is 5.92 Å². The Morgan fingerprint density at radius 2 is 1.83 bits per heavy atom. The van der Waals surface area contributed by atoms with E-state index in [0.29, 0.717) is 38.0 Å². The van der Waals surface area contributed by atoms with Gasteiger partial charge in [0, 0.05) is 35.6 Å². The van der Waals surface area contributed by atoms with Gasteiger partial charge in [-0.2, -0.15) is 0 Å². The summed E-state index contributed by atoms with van der Waals surface area (Å²) < 4.78 is 6.35. The molecule has 0 bridgehead atoms. The van der Waals surface area contributed by atoms with Gasteiger partial charge in [-0.05, 0) is 62.1 Å². The van der Waals surface area contributed by atoms with Gasteiger partial charge in [0.2, 0.25) is 5.91 Å². The molecule has 0 radical (unpaired) electrons. The molecule has 1 saturated heterocycles. The molecule has 0 spiro atoms. The Bertz CT molecular complexity index is 859. The van der Waals surface area contributed by atoms with Crippen LogP contribution >= 0.6 is 15.9 Å². The second-order valence-electron chi connectivity index (χ2n) is 7.43. The van der Waals surface area contributed by atoms with Crippen molar-refractivity contribution in [2.45, 2.75) is 26.2 Å². The zero-order chi connectivity index (χ0) is 20.8. The van der Waals surface area contributed by atoms with E-state index in [0.717, 1.165) is 22.2 Å². The van der Waals surface area contributed by atoms with Crippen LogP contribution in [0.15, 0.2) is 46.9 Å². The van der Waals surface area contributed by atoms with Crippen molar-refractivity contribution in [1.29, 1.82) is 0 Å². The van der Waals surface area contributed by atoms with E-state index in [4.69, 9.17) is 4.74 Å². The number of hydrogen-bond acceptors (Lipinski definition) is 3. The van der Waals surface area contributed by atoms with Crippen LogP contribution in [0.3, 0.4) is 0 Å². The average Bonchev–Trinajstić information content (AvgIpc) is 2.74. The molecule has 6 heteroatoms. The van der Waals surface area contributed by atoms with Crippen LogP contribution in [-0.2, 0) is 11.2 Å². The van der Waals surface area contributed by atoms with E-state index < -0.39 is 0 Å². The molecule has 29 heavy (non-hydrogen) atoms. The number of likely N-dealkylation sites (tertiary alicyclic amines) is 1. The van der Waals surface area contributed by atoms with E-state index in [-0.39, 0.29) is 17.7 Å². The van der Waals surface area contributed by atoms with Crippen molar-refractivity contribution in [3.8, 4) is 5.75 Å². The molecule has 1 aliphatic rings. The fourth-order valence-electron chi connectivity index (χ4n) is 3.69. The van der Waals surface area contributed by atoms with E-state index >= 15 is 0 Å². The van der Waals surface area contributed by atoms with Crippen LogP contribution in [0.1, 0.15) is 34.3 Å². The fourth-order valence-corrected chi connectivity index (χ4v) is 3.95. The lowest BCUT2D eigenvalue weighted by atomic mass is 9.95. The summed E-state index contributed by atoms with van der Waals surface area (Å²) in [6, 6.07) is 13.5. The number of nitrogens with one attached hydrogen (secondary N) is 1. The lowest BCUT2D eigenvalue weighted by Crippen LogP contribution is -2.43. The molecule has 154 valence electrons. The number of rotatable bonds is 6. The lowest BCUT2D eigenvalue weighted by Gasteiger charge is -2.31. The third kappa shape index (κ3) is 5.60. The van der Waals surface area contributed by atoms with Gasteiger partial charge >= 0.3 is 0 Å². The summed E-state index contributed by atoms with van der Waals surface area (Å²) in [6.45, 7) is 3.85. The smallest absolute Gasteiger partial charge is 0.253 e. The molecule has 1 N–H and O–H groups in total. The standard InChI is InChI=1S/C23H27BrN2O3/c1-16-3-8-21(29-2)19(15-16)9-12-25-22(27)17-10-13-26(14-11-17)23(28)18-4-6-20(24)7-5-18/h3-8,15,17H,9-14H2,1-2H3,(H,25,27). The highest BCUT2D eigenvalue weighted by molar-refractivity contribution is 9.10. The molecule has 5 nitrogen and oxygen atoms in total. The summed E-state index contributed by atoms with van der Waals surface area (Å²) in [5.41, 5.74) is 2.96. The molecule has 0 saturated carbocycles. The second kappa shape index (κ2) is 9.92. The number of methoxy groups -OCH3 is 1. The third-order valence-electron chi connectivity index (χ3n) is 5.37. The van der Waals surface area contributed by atoms with Crippen LogP contribution in [0.2, 0.25) is 0 Å². The number of piperidine rings is 1. The molecule has 2 amide bonds. The number of ether oxygens (including phenoxy) is 1. The molecule has 2 aromatic rings. The quantitative estimate of drug-likeness (QED) is 0.711. The van der Waals surface area contributed by atoms with Gasteiger partial charge in [0.15, 0.2) is 0 Å². The normalized spacial score (nSPS) is 14.5. The summed E-state index contributed by atoms with van der Waals surface area (Å²) in [7, 11) is 1.66. The minimum Gasteiger partial charge on any atom is -0.496 e. The maximum Gasteiger partial charge on any atom is 0.253 e. The summed E-state index contributed by atoms with van der Waals surface area (Å²) >= 11 is 3.38. The Kier molecular flexibility index (Phi) is 7.31. The SMILES string of the molecule is COc1ccc(C)cc1CCNC(=O)C1CCN(C(=O)c2ccc(Br)cc2)CC1. The van der Waals surface area contributed by atoms with Gasteiger partial charge in [-0.15, -0.1) is 0 Å². The first-order valence-electron chi connectivity index (χ1n) is 9.94. The highest BCUT2D eigenvalue weighted by Crippen LogP contribution is 2.22. The van der Waals surface area contributed by atoms with E-state index in [1.54, 1.807) is 7.11 Å². The average molecular weight is 459 g/mol. The zero-order valence-electron chi connectivity index (χ0n) is 16.9. The third-order valence-corrected chi connectivity index (χ3v) is 5.90. The first-order valence-corrected chi connectivity index (χ1v) is 10.7. The van der Waals surface area contributed by atoms with Crippen molar-refractivity contribution in [1.82, 2.24) is 10.2 Å². The zero-order valence-corrected chi connectivity index (χ0v) is 18.5. The Morgan fingerprint density at radius 1 is 1.14 bits per heavy atom. The Hall–Kier alpha value is -2.34. The molecule has 0 aromatic heterocycles. The summed E-state index contributed by atoms with van der Waals surface area (Å²) in [5.74, 6) is 0.920. The van der Waals surface area contributed by atoms with Crippen LogP contribution in [-0.4, -0.2) is 43.5 Å². The van der Waals surface area contributed by atoms with Crippen LogP contribution < -0.4 is 10.1 Å². The number of nitrogens with zero attached hydrogens (tertiary/aromatic N) is 1. The molecule has 0 atom stereocenters. The molecular weight excluding hydrogens is 432 g/mol. The second-order valence-corrected chi connectivity index (χ2v) is 8.35. The number of amides is 2. The van der Waals surface area contributed by atoms with Gasteiger partial charge in [0.1, 0.15) is 5.75 Å². The number of carbonyl (C=O) groups is 2. The predicted octanol–water partition coefficient (Wildman–Crippen LogP) is 3.98. The summed E-state index contributed by atoms with van der Waals surface area (Å²) in [5, 5.41) is 3.05. The van der Waals surface area contributed by atoms with E-state index in [2.05, 4.69) is 27.3 Å². The maximum atomic E-state index is 12.6. The van der Waals surface area contributed by atoms with Gasteiger partial charge in [-0.3, -0.25) is 9.59 Å². The highest BCUT2D eigenvalue weighted by Gasteiger charge is 2.27. The maximum absolute atomic E-state index is 12.6. The minimum atomic E-state index is -0.0385. The van der Waals surface area contributed by atoms with Crippen molar-refractivity contribution >= 4 is 27.7 Å². The first kappa shape index (κ1) is 21.4. The topological polar surface area (TPSA) is 58.6 Å². The predicted molar refractivity (Wildman–Crippen MR) is 117 cm³/mol. The lowest BCUT2D eigenvalue weighted by molar-refractivity contribution is -0.126. The molecule has 1 aliphatic heterocycles. The number of benzene rings is 2. The minimum absolute atomic E-state index is 0.0305. The molecule has 0 aliphatic carbocycles. The van der Waals surface area contributed by atoms with E-state index in [1.165, 1.54) is 5.56 Å². The van der Waals surface area contributed by atoms with Crippen LogP contribution in [0.4, 0.5) is 0 Å². The Labute approximate surface area is 180 Å². The van der Waals surface area contributed by atoms with Gasteiger partial charge in [0.05, 0.1) is 7.11 Å². The largest absolute Gasteiger partial charge is 0.496 e. The molecule has 1 fully saturated rings. The molecule has 1 heterocycles. The molecule has 0 unspecified atom stereocenters. The fraction of sp³-hybridized carbons (Fsp3) is 0.391. The van der Waals surface area contributed by atoms with Gasteiger partial charge in [0.25, 0.3) is 5.91 Å². The van der Waals surface area contributed by atoms with Crippen LogP contribution in [0.25, 0.3) is 0 Å². The number of carbonyl (C=O) groups excluding carboxylic acids is 2. The van der Waals surface area contributed by atoms with Gasteiger partial charge in [-0.25, -0.2) is 0 Å². The Morgan fingerprint density at radius 3 is 2.48 bits per heavy atom. The van der Waals surface area contributed by atoms with E-state index in [9.17, 15) is 9.59 Å². The molecular formula is C23H27BrN2O3. The van der Waals surface area contributed by atoms with Crippen molar-refractivity contribution in [2.75, 3.05) is 26.7 Å². The summed E-state index contributed by atoms with van der Waals surface area (Å²) in [4.78, 5) is 27.0. The van der Waals surface area contributed by atoms with Gasteiger partial charge in [-0.1, -0.05) is 33.6 Å². The number of hydrogen-bond donors (Lipinski definition) is 1. The van der Waals surface area contributed by atoms with Crippen molar-refractivity contribution < 1.29 is 14.3 Å². The van der Waals surface area contributed by atoms with Crippen molar-refractivity contribution in [3.05, 3.63) is 63.6 Å². The number of halogens is 1. The summed E-state index contributed by atoms with van der Waals surface area (Å²) in [6.07, 6.45) is 2.13. The molecule has 2 aromatic carbocycles. The van der Waals surface area contributed by atoms with Crippen LogP contribution in [0.5, 0.6) is 5.75 Å². The van der Waals surface area contributed by atoms with Crippen LogP contribution in [0, 0.1) is 12.8 Å². The first-order chi connectivity index (χ1) is 14.0. The van der Waals surface area contributed by atoms with Gasteiger partial charge < -0.3 is 15.0 Å². The monoisotopic (exact) mass is 458 g/mol. The molecule has 3 rings (SSSR count). The Balaban J connectivity index is 1.46. The van der Waals surface area contributed by atoms with E-state index in [1.807, 2.05) is 48.2 Å². The number of aryl methyl sites for hydroxylation is 1. The van der Waals surface area contributed by atoms with Crippen molar-refractivity contribution in [3.63, 3.8) is 0 Å².